The van der Waals surface area contributed by atoms with Crippen molar-refractivity contribution >= 4 is 55.1 Å². The van der Waals surface area contributed by atoms with E-state index in [0.29, 0.717) is 11.8 Å². The Morgan fingerprint density at radius 1 is 0.917 bits per heavy atom. The van der Waals surface area contributed by atoms with E-state index in [2.05, 4.69) is 31.9 Å². The number of hydrogen-bond donors (Lipinski definition) is 0. The van der Waals surface area contributed by atoms with E-state index in [9.17, 15) is 0 Å². The second-order valence-corrected chi connectivity index (χ2v) is 9.38. The van der Waals surface area contributed by atoms with Crippen LogP contribution in [0.25, 0.3) is 0 Å². The van der Waals surface area contributed by atoms with E-state index < -0.39 is 0 Å². The molecule has 0 heterocycles. The minimum atomic E-state index is -0.372. The molecule has 0 radical (unpaired) electrons. The molecule has 0 aromatic carbocycles. The van der Waals surface area contributed by atoms with Gasteiger partial charge in [0, 0.05) is 0 Å². The minimum absolute atomic E-state index is 0.233. The molecule has 0 amide bonds. The summed E-state index contributed by atoms with van der Waals surface area (Å²) in [6.07, 6.45) is 2.39. The molecule has 0 spiro atoms. The number of rotatable bonds is 0. The highest BCUT2D eigenvalue weighted by molar-refractivity contribution is 9.25. The Labute approximate surface area is 98.6 Å². The first-order valence-corrected chi connectivity index (χ1v) is 6.55. The molecule has 3 saturated carbocycles. The van der Waals surface area contributed by atoms with Crippen molar-refractivity contribution in [2.45, 2.75) is 20.4 Å². The Balaban J connectivity index is 1.80. The maximum absolute atomic E-state index is 6.13. The monoisotopic (exact) mass is 332 g/mol. The van der Waals surface area contributed by atoms with Gasteiger partial charge in [-0.25, -0.2) is 0 Å². The number of fused-ring (bicyclic) bond motifs is 2. The topological polar surface area (TPSA) is 0 Å². The third-order valence-electron chi connectivity index (χ3n) is 3.75. The van der Waals surface area contributed by atoms with Crippen LogP contribution in [0.15, 0.2) is 0 Å². The lowest BCUT2D eigenvalue weighted by molar-refractivity contribution is 0.457. The summed E-state index contributed by atoms with van der Waals surface area (Å²) in [5.74, 6) is 2.66. The van der Waals surface area contributed by atoms with Gasteiger partial charge < -0.3 is 0 Å². The number of alkyl halides is 4. The van der Waals surface area contributed by atoms with Crippen LogP contribution in [0.2, 0.25) is 0 Å². The van der Waals surface area contributed by atoms with Gasteiger partial charge in [0.25, 0.3) is 0 Å². The first-order chi connectivity index (χ1) is 5.45. The molecule has 0 N–H and O–H groups in total. The van der Waals surface area contributed by atoms with E-state index in [1.807, 2.05) is 0 Å². The Morgan fingerprint density at radius 2 is 1.33 bits per heavy atom. The van der Waals surface area contributed by atoms with Crippen molar-refractivity contribution in [2.24, 2.45) is 23.7 Å². The summed E-state index contributed by atoms with van der Waals surface area (Å²) in [7, 11) is 0. The van der Waals surface area contributed by atoms with Crippen molar-refractivity contribution in [3.8, 4) is 0 Å². The zero-order valence-corrected chi connectivity index (χ0v) is 10.9. The Kier molecular flexibility index (Phi) is 1.62. The molecule has 4 atom stereocenters. The highest BCUT2D eigenvalue weighted by atomic mass is 79.9. The van der Waals surface area contributed by atoms with Gasteiger partial charge in [-0.15, -0.1) is 23.2 Å². The third kappa shape index (κ3) is 0.910. The van der Waals surface area contributed by atoms with Crippen LogP contribution >= 0.6 is 55.1 Å². The minimum Gasteiger partial charge on any atom is -0.101 e. The lowest BCUT2D eigenvalue weighted by Gasteiger charge is -2.02. The van der Waals surface area contributed by atoms with Crippen LogP contribution in [0.5, 0.6) is 0 Å². The van der Waals surface area contributed by atoms with Gasteiger partial charge in [0.1, 0.15) is 4.33 Å². The summed E-state index contributed by atoms with van der Waals surface area (Å²) in [6, 6.07) is 0. The molecule has 0 aromatic rings. The summed E-state index contributed by atoms with van der Waals surface area (Å²) in [4.78, 5) is 0. The molecule has 3 fully saturated rings. The molecule has 12 heavy (non-hydrogen) atoms. The van der Waals surface area contributed by atoms with E-state index in [-0.39, 0.29) is 7.57 Å². The van der Waals surface area contributed by atoms with E-state index in [1.165, 1.54) is 12.8 Å². The Bertz CT molecular complexity index is 205. The molecule has 4 heteroatoms. The van der Waals surface area contributed by atoms with Gasteiger partial charge in [-0.3, -0.25) is 0 Å². The zero-order chi connectivity index (χ0) is 8.72. The molecule has 3 aliphatic carbocycles. The molecule has 3 aliphatic rings. The first kappa shape index (κ1) is 8.82. The average Bonchev–Trinajstić information content (AvgIpc) is 2.72. The molecular formula is C8H8Br2Cl2. The van der Waals surface area contributed by atoms with Crippen LogP contribution in [0.1, 0.15) is 12.8 Å². The average molecular weight is 335 g/mol. The van der Waals surface area contributed by atoms with Crippen molar-refractivity contribution in [2.75, 3.05) is 0 Å². The molecule has 0 nitrogen and oxygen atoms in total. The quantitative estimate of drug-likeness (QED) is 0.589. The molecule has 0 unspecified atom stereocenters. The normalized spacial score (nSPS) is 57.0. The molecule has 0 bridgehead atoms. The summed E-state index contributed by atoms with van der Waals surface area (Å²) >= 11 is 19.6. The van der Waals surface area contributed by atoms with E-state index in [1.54, 1.807) is 0 Å². The molecule has 0 saturated heterocycles. The van der Waals surface area contributed by atoms with Gasteiger partial charge in [0.05, 0.1) is 3.23 Å². The fourth-order valence-electron chi connectivity index (χ4n) is 2.75. The van der Waals surface area contributed by atoms with Crippen molar-refractivity contribution in [1.29, 1.82) is 0 Å². The second kappa shape index (κ2) is 2.20. The van der Waals surface area contributed by atoms with Gasteiger partial charge in [-0.1, -0.05) is 31.9 Å². The third-order valence-corrected chi connectivity index (χ3v) is 7.22. The van der Waals surface area contributed by atoms with Gasteiger partial charge >= 0.3 is 0 Å². The van der Waals surface area contributed by atoms with Crippen molar-refractivity contribution in [3.05, 3.63) is 0 Å². The fraction of sp³-hybridized carbons (Fsp3) is 1.00. The van der Waals surface area contributed by atoms with Gasteiger partial charge in [-0.2, -0.15) is 0 Å². The first-order valence-electron chi connectivity index (χ1n) is 4.21. The lowest BCUT2D eigenvalue weighted by Crippen LogP contribution is -1.95. The largest absolute Gasteiger partial charge is 0.124 e. The smallest absolute Gasteiger partial charge is 0.101 e. The van der Waals surface area contributed by atoms with Crippen molar-refractivity contribution in [3.63, 3.8) is 0 Å². The summed E-state index contributed by atoms with van der Waals surface area (Å²) in [6.45, 7) is 0. The van der Waals surface area contributed by atoms with Crippen LogP contribution in [-0.2, 0) is 0 Å². The van der Waals surface area contributed by atoms with Crippen LogP contribution < -0.4 is 0 Å². The van der Waals surface area contributed by atoms with Gasteiger partial charge in [0.15, 0.2) is 0 Å². The molecule has 0 aliphatic heterocycles. The standard InChI is InChI=1S/C8H8Br2Cl2/c9-7(10)3-1-5-6(2-4(3)7)8(5,11)12/h3-6H,1-2H2/t3-,4-,5-,6+/m1/s1. The Hall–Kier alpha value is 1.54. The zero-order valence-electron chi connectivity index (χ0n) is 6.24. The predicted molar refractivity (Wildman–Crippen MR) is 58.2 cm³/mol. The van der Waals surface area contributed by atoms with Crippen molar-refractivity contribution in [1.82, 2.24) is 0 Å². The SMILES string of the molecule is ClC1(Cl)[C@@H]2C[C@@H]3[C@@H](C[C@@H]21)C3(Br)Br. The fourth-order valence-corrected chi connectivity index (χ4v) is 5.35. The van der Waals surface area contributed by atoms with E-state index >= 15 is 0 Å². The number of halogens is 4. The summed E-state index contributed by atoms with van der Waals surface area (Å²) < 4.78 is -0.138. The predicted octanol–water partition coefficient (Wildman–Crippen LogP) is 3.93. The summed E-state index contributed by atoms with van der Waals surface area (Å²) in [5, 5.41) is 0. The van der Waals surface area contributed by atoms with Crippen LogP contribution in [0, 0.1) is 23.7 Å². The lowest BCUT2D eigenvalue weighted by atomic mass is 10.0. The van der Waals surface area contributed by atoms with E-state index in [0.717, 1.165) is 11.8 Å². The molecule has 3 rings (SSSR count). The maximum atomic E-state index is 6.13. The second-order valence-electron chi connectivity index (χ2n) is 4.25. The summed E-state index contributed by atoms with van der Waals surface area (Å²) in [5.41, 5.74) is 0. The number of hydrogen-bond acceptors (Lipinski definition) is 0. The van der Waals surface area contributed by atoms with Crippen LogP contribution in [0.4, 0.5) is 0 Å². The van der Waals surface area contributed by atoms with E-state index in [4.69, 9.17) is 23.2 Å². The molecule has 0 aromatic heterocycles. The van der Waals surface area contributed by atoms with Crippen LogP contribution in [-0.4, -0.2) is 7.57 Å². The molecule has 68 valence electrons. The van der Waals surface area contributed by atoms with Crippen molar-refractivity contribution < 1.29 is 0 Å². The molecular weight excluding hydrogens is 327 g/mol. The van der Waals surface area contributed by atoms with Gasteiger partial charge in [-0.05, 0) is 36.5 Å². The maximum Gasteiger partial charge on any atom is 0.124 e. The highest BCUT2D eigenvalue weighted by Crippen LogP contribution is 2.78. The Morgan fingerprint density at radius 3 is 1.75 bits per heavy atom. The highest BCUT2D eigenvalue weighted by Gasteiger charge is 2.75. The van der Waals surface area contributed by atoms with Crippen LogP contribution in [0.3, 0.4) is 0 Å². The van der Waals surface area contributed by atoms with Gasteiger partial charge in [0.2, 0.25) is 0 Å².